The fourth-order valence-electron chi connectivity index (χ4n) is 3.42. The summed E-state index contributed by atoms with van der Waals surface area (Å²) in [5.74, 6) is 0.544. The molecule has 0 radical (unpaired) electrons. The lowest BCUT2D eigenvalue weighted by Crippen LogP contribution is -2.51. The number of imidazole rings is 1. The average Bonchev–Trinajstić information content (AvgIpc) is 3.13. The highest BCUT2D eigenvalue weighted by Crippen LogP contribution is 2.28. The molecule has 12 heteroatoms. The van der Waals surface area contributed by atoms with Gasteiger partial charge < -0.3 is 15.2 Å². The summed E-state index contributed by atoms with van der Waals surface area (Å²) in [6, 6.07) is 7.74. The lowest BCUT2D eigenvalue weighted by Gasteiger charge is -2.32. The molecule has 1 fully saturated rings. The molecule has 1 aromatic carbocycles. The quantitative estimate of drug-likeness (QED) is 0.402. The molecule has 1 aliphatic heterocycles. The summed E-state index contributed by atoms with van der Waals surface area (Å²) < 4.78 is 63.5. The van der Waals surface area contributed by atoms with Gasteiger partial charge in [-0.2, -0.15) is 17.5 Å². The number of aliphatic imine (C=N–C) groups is 1. The van der Waals surface area contributed by atoms with Crippen LogP contribution in [0.1, 0.15) is 19.3 Å². The van der Waals surface area contributed by atoms with E-state index in [1.165, 1.54) is 0 Å². The number of benzene rings is 1. The Morgan fingerprint density at radius 1 is 1.27 bits per heavy atom. The number of rotatable bonds is 6. The first-order valence-electron chi connectivity index (χ1n) is 9.66. The van der Waals surface area contributed by atoms with E-state index in [0.717, 1.165) is 24.0 Å². The molecule has 0 spiro atoms. The van der Waals surface area contributed by atoms with Gasteiger partial charge in [0.25, 0.3) is 0 Å². The summed E-state index contributed by atoms with van der Waals surface area (Å²) in [7, 11) is -3.65. The van der Waals surface area contributed by atoms with E-state index in [2.05, 4.69) is 25.2 Å². The van der Waals surface area contributed by atoms with Crippen molar-refractivity contribution in [1.29, 1.82) is 0 Å². The molecular weight excluding hydrogens is 421 g/mol. The zero-order valence-electron chi connectivity index (χ0n) is 16.6. The van der Waals surface area contributed by atoms with Gasteiger partial charge in [0.2, 0.25) is 0 Å². The Balaban J connectivity index is 1.42. The number of hydrogen-bond donors (Lipinski definition) is 2. The van der Waals surface area contributed by atoms with Crippen LogP contribution in [0.2, 0.25) is 0 Å². The van der Waals surface area contributed by atoms with Crippen LogP contribution in [0.5, 0.6) is 0 Å². The topological polar surface area (TPSA) is 91.6 Å². The molecule has 2 heterocycles. The minimum absolute atomic E-state index is 0.145. The van der Waals surface area contributed by atoms with Gasteiger partial charge in [0, 0.05) is 39.3 Å². The van der Waals surface area contributed by atoms with Crippen molar-refractivity contribution in [2.45, 2.75) is 37.4 Å². The molecule has 0 saturated carbocycles. The van der Waals surface area contributed by atoms with Crippen molar-refractivity contribution >= 4 is 27.0 Å². The van der Waals surface area contributed by atoms with Gasteiger partial charge in [-0.1, -0.05) is 12.1 Å². The molecule has 166 valence electrons. The standard InChI is InChI=1S/C18H25F3N6O2S/c1-22-17(23-9-4-10-26-13-24-15-5-2-3-6-16(15)26)25-14-7-11-27(12-8-14)30(28,29)18(19,20)21/h2-3,5-6,13-14H,4,7-12H2,1H3,(H2,22,23,25). The average molecular weight is 446 g/mol. The number of alkyl halides is 3. The second-order valence-corrected chi connectivity index (χ2v) is 8.98. The van der Waals surface area contributed by atoms with Gasteiger partial charge in [0.15, 0.2) is 5.96 Å². The van der Waals surface area contributed by atoms with E-state index in [9.17, 15) is 21.6 Å². The third-order valence-corrected chi connectivity index (χ3v) is 6.68. The van der Waals surface area contributed by atoms with Crippen LogP contribution in [0.15, 0.2) is 35.6 Å². The van der Waals surface area contributed by atoms with Crippen molar-refractivity contribution in [3.8, 4) is 0 Å². The highest BCUT2D eigenvalue weighted by molar-refractivity contribution is 7.90. The van der Waals surface area contributed by atoms with Crippen LogP contribution in [0.3, 0.4) is 0 Å². The maximum Gasteiger partial charge on any atom is 0.511 e. The van der Waals surface area contributed by atoms with E-state index in [0.29, 0.717) is 16.8 Å². The summed E-state index contributed by atoms with van der Waals surface area (Å²) in [6.07, 6.45) is 3.18. The molecule has 0 amide bonds. The van der Waals surface area contributed by atoms with Crippen molar-refractivity contribution < 1.29 is 21.6 Å². The van der Waals surface area contributed by atoms with Gasteiger partial charge in [0.05, 0.1) is 17.4 Å². The summed E-state index contributed by atoms with van der Waals surface area (Å²) in [4.78, 5) is 8.49. The number of aryl methyl sites for hydroxylation is 1. The molecule has 3 rings (SSSR count). The van der Waals surface area contributed by atoms with E-state index in [4.69, 9.17) is 0 Å². The van der Waals surface area contributed by atoms with Crippen LogP contribution < -0.4 is 10.6 Å². The Hall–Kier alpha value is -2.34. The molecule has 0 unspecified atom stereocenters. The number of halogens is 3. The number of hydrogen-bond acceptors (Lipinski definition) is 4. The van der Waals surface area contributed by atoms with Crippen molar-refractivity contribution in [2.75, 3.05) is 26.7 Å². The lowest BCUT2D eigenvalue weighted by molar-refractivity contribution is -0.0494. The fraction of sp³-hybridized carbons (Fsp3) is 0.556. The molecule has 0 aliphatic carbocycles. The maximum atomic E-state index is 12.7. The lowest BCUT2D eigenvalue weighted by atomic mass is 10.1. The van der Waals surface area contributed by atoms with Crippen LogP contribution in [-0.2, 0) is 16.6 Å². The molecule has 0 bridgehead atoms. The fourth-order valence-corrected chi connectivity index (χ4v) is 4.40. The van der Waals surface area contributed by atoms with Gasteiger partial charge in [-0.3, -0.25) is 4.99 Å². The zero-order valence-corrected chi connectivity index (χ0v) is 17.4. The monoisotopic (exact) mass is 446 g/mol. The van der Waals surface area contributed by atoms with Crippen molar-refractivity contribution in [2.24, 2.45) is 4.99 Å². The van der Waals surface area contributed by atoms with Crippen LogP contribution in [0.25, 0.3) is 11.0 Å². The highest BCUT2D eigenvalue weighted by Gasteiger charge is 2.50. The molecular formula is C18H25F3N6O2S. The summed E-state index contributed by atoms with van der Waals surface area (Å²) in [5.41, 5.74) is -3.24. The number of nitrogens with one attached hydrogen (secondary N) is 2. The third-order valence-electron chi connectivity index (χ3n) is 5.05. The second-order valence-electron chi connectivity index (χ2n) is 7.05. The Labute approximate surface area is 173 Å². The van der Waals surface area contributed by atoms with E-state index in [-0.39, 0.29) is 32.0 Å². The first-order chi connectivity index (χ1) is 14.2. The molecule has 30 heavy (non-hydrogen) atoms. The summed E-state index contributed by atoms with van der Waals surface area (Å²) >= 11 is 0. The summed E-state index contributed by atoms with van der Waals surface area (Å²) in [6.45, 7) is 1.07. The third kappa shape index (κ3) is 5.04. The number of guanidine groups is 1. The number of para-hydroxylation sites is 2. The van der Waals surface area contributed by atoms with Crippen molar-refractivity contribution in [3.63, 3.8) is 0 Å². The molecule has 1 saturated heterocycles. The van der Waals surface area contributed by atoms with E-state index in [1.807, 2.05) is 24.3 Å². The van der Waals surface area contributed by atoms with Gasteiger partial charge in [-0.15, -0.1) is 0 Å². The number of piperidine rings is 1. The van der Waals surface area contributed by atoms with Crippen LogP contribution in [-0.4, -0.2) is 66.5 Å². The van der Waals surface area contributed by atoms with Gasteiger partial charge in [0.1, 0.15) is 0 Å². The minimum Gasteiger partial charge on any atom is -0.356 e. The van der Waals surface area contributed by atoms with E-state index >= 15 is 0 Å². The summed E-state index contributed by atoms with van der Waals surface area (Å²) in [5, 5.41) is 6.34. The number of aromatic nitrogens is 2. The van der Waals surface area contributed by atoms with Gasteiger partial charge in [-0.25, -0.2) is 13.4 Å². The van der Waals surface area contributed by atoms with E-state index < -0.39 is 15.5 Å². The van der Waals surface area contributed by atoms with Gasteiger partial charge in [-0.05, 0) is 31.4 Å². The molecule has 2 aromatic rings. The SMILES string of the molecule is CN=C(NCCCn1cnc2ccccc21)NC1CCN(S(=O)(=O)C(F)(F)F)CC1. The number of nitrogens with zero attached hydrogens (tertiary/aromatic N) is 4. The minimum atomic E-state index is -5.26. The Bertz CT molecular complexity index is 981. The predicted molar refractivity (Wildman–Crippen MR) is 108 cm³/mol. The number of fused-ring (bicyclic) bond motifs is 1. The second kappa shape index (κ2) is 9.21. The zero-order chi connectivity index (χ0) is 21.8. The maximum absolute atomic E-state index is 12.7. The smallest absolute Gasteiger partial charge is 0.356 e. The van der Waals surface area contributed by atoms with Crippen LogP contribution >= 0.6 is 0 Å². The molecule has 1 aliphatic rings. The van der Waals surface area contributed by atoms with Crippen LogP contribution in [0, 0.1) is 0 Å². The first kappa shape index (κ1) is 22.3. The molecule has 8 nitrogen and oxygen atoms in total. The van der Waals surface area contributed by atoms with Crippen molar-refractivity contribution in [1.82, 2.24) is 24.5 Å². The molecule has 1 aromatic heterocycles. The van der Waals surface area contributed by atoms with Gasteiger partial charge >= 0.3 is 15.5 Å². The Kier molecular flexibility index (Phi) is 6.86. The normalized spacial score (nSPS) is 17.4. The predicted octanol–water partition coefficient (Wildman–Crippen LogP) is 1.91. The Morgan fingerprint density at radius 3 is 2.63 bits per heavy atom. The molecule has 0 atom stereocenters. The first-order valence-corrected chi connectivity index (χ1v) is 11.1. The van der Waals surface area contributed by atoms with Crippen LogP contribution in [0.4, 0.5) is 13.2 Å². The van der Waals surface area contributed by atoms with E-state index in [1.54, 1.807) is 13.4 Å². The Morgan fingerprint density at radius 2 is 1.97 bits per heavy atom. The highest BCUT2D eigenvalue weighted by atomic mass is 32.2. The largest absolute Gasteiger partial charge is 0.511 e. The number of sulfonamides is 1. The van der Waals surface area contributed by atoms with Crippen molar-refractivity contribution in [3.05, 3.63) is 30.6 Å². The molecule has 2 N–H and O–H groups in total.